The average molecular weight is 360 g/mol. The first-order chi connectivity index (χ1) is 9.66. The third-order valence-electron chi connectivity index (χ3n) is 4.74. The first-order valence-corrected chi connectivity index (χ1v) is 9.27. The zero-order valence-electron chi connectivity index (χ0n) is 12.5. The van der Waals surface area contributed by atoms with E-state index in [1.165, 1.54) is 35.0 Å². The second-order valence-electron chi connectivity index (χ2n) is 5.64. The molecule has 3 N–H and O–H groups in total. The summed E-state index contributed by atoms with van der Waals surface area (Å²) in [5, 5.41) is 2.15. The van der Waals surface area contributed by atoms with Crippen LogP contribution in [0.2, 0.25) is 0 Å². The Balaban J connectivity index is 2.21. The van der Waals surface area contributed by atoms with Gasteiger partial charge in [-0.1, -0.05) is 26.7 Å². The number of thiophene rings is 1. The molecular weight excluding hydrogens is 334 g/mol. The lowest BCUT2D eigenvalue weighted by atomic mass is 9.84. The molecule has 0 amide bonds. The van der Waals surface area contributed by atoms with E-state index in [0.717, 1.165) is 19.5 Å². The summed E-state index contributed by atoms with van der Waals surface area (Å²) in [7, 11) is 0. The summed E-state index contributed by atoms with van der Waals surface area (Å²) in [5.74, 6) is 5.96. The average Bonchev–Trinajstić information content (AvgIpc) is 3.07. The summed E-state index contributed by atoms with van der Waals surface area (Å²) < 4.78 is 1.18. The number of hydrogen-bond donors (Lipinski definition) is 2. The van der Waals surface area contributed by atoms with Crippen molar-refractivity contribution in [1.82, 2.24) is 10.3 Å². The lowest BCUT2D eigenvalue weighted by Gasteiger charge is -2.46. The van der Waals surface area contributed by atoms with Gasteiger partial charge < -0.3 is 0 Å². The Kier molecular flexibility index (Phi) is 6.05. The van der Waals surface area contributed by atoms with Gasteiger partial charge in [0.1, 0.15) is 0 Å². The van der Waals surface area contributed by atoms with Gasteiger partial charge in [-0.05, 0) is 47.9 Å². The number of likely N-dealkylation sites (N-methyl/N-ethyl adjacent to an activating group) is 1. The van der Waals surface area contributed by atoms with Crippen LogP contribution >= 0.6 is 27.3 Å². The largest absolute Gasteiger partial charge is 0.297 e. The molecule has 3 nitrogen and oxygen atoms in total. The molecule has 0 aromatic carbocycles. The van der Waals surface area contributed by atoms with Gasteiger partial charge in [-0.25, -0.2) is 0 Å². The number of rotatable bonds is 7. The second-order valence-corrected chi connectivity index (χ2v) is 7.55. The molecule has 2 rings (SSSR count). The molecule has 0 saturated heterocycles. The predicted molar refractivity (Wildman–Crippen MR) is 91.0 cm³/mol. The van der Waals surface area contributed by atoms with E-state index >= 15 is 0 Å². The molecule has 20 heavy (non-hydrogen) atoms. The van der Waals surface area contributed by atoms with Gasteiger partial charge in [0.2, 0.25) is 0 Å². The lowest BCUT2D eigenvalue weighted by molar-refractivity contribution is 0.0632. The summed E-state index contributed by atoms with van der Waals surface area (Å²) >= 11 is 5.36. The van der Waals surface area contributed by atoms with Crippen LogP contribution in [0.25, 0.3) is 0 Å². The van der Waals surface area contributed by atoms with Gasteiger partial charge in [-0.15, -0.1) is 11.3 Å². The van der Waals surface area contributed by atoms with Gasteiger partial charge in [0, 0.05) is 32.7 Å². The minimum atomic E-state index is 0.231. The van der Waals surface area contributed by atoms with Crippen LogP contribution in [-0.2, 0) is 6.42 Å². The Labute approximate surface area is 135 Å². The van der Waals surface area contributed by atoms with Crippen LogP contribution in [0.1, 0.15) is 44.4 Å². The summed E-state index contributed by atoms with van der Waals surface area (Å²) in [6.45, 7) is 6.73. The van der Waals surface area contributed by atoms with Crippen LogP contribution in [0, 0.1) is 0 Å². The highest BCUT2D eigenvalue weighted by molar-refractivity contribution is 9.10. The van der Waals surface area contributed by atoms with Crippen molar-refractivity contribution in [2.45, 2.75) is 57.5 Å². The van der Waals surface area contributed by atoms with Crippen molar-refractivity contribution in [3.63, 3.8) is 0 Å². The van der Waals surface area contributed by atoms with Crippen LogP contribution in [0.5, 0.6) is 0 Å². The Bertz CT molecular complexity index is 411. The quantitative estimate of drug-likeness (QED) is 0.577. The van der Waals surface area contributed by atoms with Gasteiger partial charge in [-0.2, -0.15) is 0 Å². The van der Waals surface area contributed by atoms with E-state index in [2.05, 4.69) is 51.5 Å². The van der Waals surface area contributed by atoms with Gasteiger partial charge in [0.05, 0.1) is 0 Å². The summed E-state index contributed by atoms with van der Waals surface area (Å²) in [6, 6.07) is 2.55. The molecule has 0 aliphatic heterocycles. The van der Waals surface area contributed by atoms with Gasteiger partial charge >= 0.3 is 0 Å². The van der Waals surface area contributed by atoms with Crippen LogP contribution in [0.3, 0.4) is 0 Å². The predicted octanol–water partition coefficient (Wildman–Crippen LogP) is 3.54. The van der Waals surface area contributed by atoms with Crippen molar-refractivity contribution in [1.29, 1.82) is 0 Å². The Morgan fingerprint density at radius 1 is 1.40 bits per heavy atom. The molecule has 1 saturated carbocycles. The smallest absolute Gasteiger partial charge is 0.0442 e. The molecule has 1 heterocycles. The molecule has 1 aromatic rings. The van der Waals surface area contributed by atoms with Crippen molar-refractivity contribution in [3.05, 3.63) is 20.8 Å². The zero-order valence-corrected chi connectivity index (χ0v) is 14.9. The minimum absolute atomic E-state index is 0.231. The molecule has 1 aliphatic rings. The molecule has 1 atom stereocenters. The van der Waals surface area contributed by atoms with Crippen LogP contribution in [0.15, 0.2) is 15.9 Å². The van der Waals surface area contributed by atoms with Crippen LogP contribution in [0.4, 0.5) is 0 Å². The highest BCUT2D eigenvalue weighted by Gasteiger charge is 2.44. The van der Waals surface area contributed by atoms with Crippen LogP contribution in [-0.4, -0.2) is 29.6 Å². The highest BCUT2D eigenvalue weighted by atomic mass is 79.9. The van der Waals surface area contributed by atoms with E-state index in [4.69, 9.17) is 5.84 Å². The molecule has 0 spiro atoms. The van der Waals surface area contributed by atoms with E-state index in [1.54, 1.807) is 0 Å². The Morgan fingerprint density at radius 2 is 2.05 bits per heavy atom. The lowest BCUT2D eigenvalue weighted by Crippen LogP contribution is -2.62. The molecular formula is C15H26BrN3S. The number of nitrogens with two attached hydrogens (primary N) is 1. The number of halogens is 1. The van der Waals surface area contributed by atoms with Crippen LogP contribution < -0.4 is 11.3 Å². The fourth-order valence-electron chi connectivity index (χ4n) is 3.79. The summed E-state index contributed by atoms with van der Waals surface area (Å²) in [4.78, 5) is 4.02. The normalized spacial score (nSPS) is 19.6. The standard InChI is InChI=1S/C15H26BrN3S/c1-3-19(4-2)15(7-5-6-8-15)14(18-17)10-13-9-12(16)11-20-13/h9,11,14,18H,3-8,10,17H2,1-2H3. The van der Waals surface area contributed by atoms with Gasteiger partial charge in [0.25, 0.3) is 0 Å². The number of nitrogens with zero attached hydrogens (tertiary/aromatic N) is 1. The fraction of sp³-hybridized carbons (Fsp3) is 0.733. The summed E-state index contributed by atoms with van der Waals surface area (Å²) in [6.07, 6.45) is 6.18. The van der Waals surface area contributed by atoms with E-state index in [0.29, 0.717) is 6.04 Å². The maximum atomic E-state index is 5.96. The van der Waals surface area contributed by atoms with E-state index in [9.17, 15) is 0 Å². The number of hydrogen-bond acceptors (Lipinski definition) is 4. The minimum Gasteiger partial charge on any atom is -0.297 e. The third kappa shape index (κ3) is 3.28. The van der Waals surface area contributed by atoms with Crippen molar-refractivity contribution in [2.24, 2.45) is 5.84 Å². The molecule has 0 radical (unpaired) electrons. The third-order valence-corrected chi connectivity index (χ3v) is 6.46. The molecule has 1 aliphatic carbocycles. The number of hydrazine groups is 1. The Hall–Kier alpha value is 0.0600. The first-order valence-electron chi connectivity index (χ1n) is 7.60. The molecule has 114 valence electrons. The SMILES string of the molecule is CCN(CC)C1(C(Cc2cc(Br)cs2)NN)CCCC1. The molecule has 0 bridgehead atoms. The van der Waals surface area contributed by atoms with Crippen molar-refractivity contribution >= 4 is 27.3 Å². The fourth-order valence-corrected chi connectivity index (χ4v) is 5.29. The van der Waals surface area contributed by atoms with Gasteiger partial charge in [-0.3, -0.25) is 16.2 Å². The Morgan fingerprint density at radius 3 is 2.50 bits per heavy atom. The maximum absolute atomic E-state index is 5.96. The van der Waals surface area contributed by atoms with Gasteiger partial charge in [0.15, 0.2) is 0 Å². The molecule has 5 heteroatoms. The maximum Gasteiger partial charge on any atom is 0.0442 e. The molecule has 1 fully saturated rings. The van der Waals surface area contributed by atoms with E-state index in [1.807, 2.05) is 11.3 Å². The molecule has 1 aromatic heterocycles. The van der Waals surface area contributed by atoms with Crippen molar-refractivity contribution < 1.29 is 0 Å². The zero-order chi connectivity index (χ0) is 14.6. The van der Waals surface area contributed by atoms with E-state index < -0.39 is 0 Å². The molecule has 1 unspecified atom stereocenters. The second kappa shape index (κ2) is 7.36. The summed E-state index contributed by atoms with van der Waals surface area (Å²) in [5.41, 5.74) is 3.37. The van der Waals surface area contributed by atoms with Crippen molar-refractivity contribution in [3.8, 4) is 0 Å². The topological polar surface area (TPSA) is 41.3 Å². The number of nitrogens with one attached hydrogen (secondary N) is 1. The first kappa shape index (κ1) is 16.4. The highest BCUT2D eigenvalue weighted by Crippen LogP contribution is 2.39. The monoisotopic (exact) mass is 359 g/mol. The van der Waals surface area contributed by atoms with E-state index in [-0.39, 0.29) is 5.54 Å². The van der Waals surface area contributed by atoms with Crippen molar-refractivity contribution in [2.75, 3.05) is 13.1 Å².